The molecule has 0 bridgehead atoms. The zero-order valence-electron chi connectivity index (χ0n) is 40.3. The van der Waals surface area contributed by atoms with Gasteiger partial charge in [-0.05, 0) is 25.8 Å². The van der Waals surface area contributed by atoms with Gasteiger partial charge in [0.1, 0.15) is 116 Å². The molecule has 74 heavy (non-hydrogen) atoms. The van der Waals surface area contributed by atoms with Gasteiger partial charge in [-0.2, -0.15) is 0 Å². The molecular formula is C42H73N3O29. The topological polar surface area (TPSA) is 517 Å². The summed E-state index contributed by atoms with van der Waals surface area (Å²) in [6, 6.07) is -3.47. The minimum atomic E-state index is -3.18. The molecule has 0 saturated carbocycles. The van der Waals surface area contributed by atoms with E-state index >= 15 is 0 Å². The molecule has 430 valence electrons. The second-order valence-corrected chi connectivity index (χ2v) is 18.5. The predicted octanol–water partition coefficient (Wildman–Crippen LogP) is -11.3. The zero-order chi connectivity index (χ0) is 54.9. The molecule has 2 amide bonds. The first-order valence-electron chi connectivity index (χ1n) is 23.9. The van der Waals surface area contributed by atoms with Crippen molar-refractivity contribution >= 4 is 17.8 Å². The third-order valence-electron chi connectivity index (χ3n) is 13.2. The Balaban J connectivity index is 1.38. The van der Waals surface area contributed by atoms with Crippen molar-refractivity contribution in [2.24, 2.45) is 5.73 Å². The van der Waals surface area contributed by atoms with Gasteiger partial charge in [-0.15, -0.1) is 0 Å². The summed E-state index contributed by atoms with van der Waals surface area (Å²) in [4.78, 5) is 37.8. The van der Waals surface area contributed by atoms with Crippen LogP contribution in [0.3, 0.4) is 0 Å². The van der Waals surface area contributed by atoms with Crippen molar-refractivity contribution in [3.63, 3.8) is 0 Å². The Morgan fingerprint density at radius 1 is 0.595 bits per heavy atom. The van der Waals surface area contributed by atoms with Gasteiger partial charge >= 0.3 is 5.97 Å². The number of nitrogens with two attached hydrogens (primary N) is 1. The summed E-state index contributed by atoms with van der Waals surface area (Å²) >= 11 is 0. The smallest absolute Gasteiger partial charge is 0.364 e. The first-order chi connectivity index (χ1) is 35.0. The van der Waals surface area contributed by atoms with E-state index in [-0.39, 0.29) is 6.61 Å². The molecule has 32 heteroatoms. The molecule has 5 heterocycles. The first kappa shape index (κ1) is 62.2. The minimum absolute atomic E-state index is 0.100. The molecule has 20 N–H and O–H groups in total. The summed E-state index contributed by atoms with van der Waals surface area (Å²) < 4.78 is 57.4. The molecule has 5 saturated heterocycles. The van der Waals surface area contributed by atoms with Gasteiger partial charge in [0.2, 0.25) is 11.8 Å². The number of carboxylic acid groups (broad SMARTS) is 1. The highest BCUT2D eigenvalue weighted by Crippen LogP contribution is 2.39. The molecule has 5 rings (SSSR count). The van der Waals surface area contributed by atoms with Crippen molar-refractivity contribution in [3.05, 3.63) is 0 Å². The van der Waals surface area contributed by atoms with Crippen LogP contribution in [0.25, 0.3) is 0 Å². The molecule has 32 nitrogen and oxygen atoms in total. The summed E-state index contributed by atoms with van der Waals surface area (Å²) in [5.41, 5.74) is 5.50. The number of hydrogen-bond donors (Lipinski definition) is 19. The van der Waals surface area contributed by atoms with E-state index in [1.165, 1.54) is 0 Å². The number of nitrogens with one attached hydrogen (secondary N) is 2. The number of carbonyl (C=O) groups excluding carboxylic acids is 2. The highest BCUT2D eigenvalue weighted by atomic mass is 16.8. The number of carboxylic acids is 1. The number of ether oxygens (including phenoxy) is 10. The number of unbranched alkanes of at least 4 members (excludes halogenated alkanes) is 2. The Morgan fingerprint density at radius 3 is 1.59 bits per heavy atom. The van der Waals surface area contributed by atoms with E-state index < -0.39 is 216 Å². The van der Waals surface area contributed by atoms with Crippen molar-refractivity contribution in [2.75, 3.05) is 46.2 Å². The van der Waals surface area contributed by atoms with Crippen LogP contribution in [0.5, 0.6) is 0 Å². The third-order valence-corrected chi connectivity index (χ3v) is 13.2. The monoisotopic (exact) mass is 1080 g/mol. The Morgan fingerprint density at radius 2 is 1.07 bits per heavy atom. The van der Waals surface area contributed by atoms with E-state index in [9.17, 15) is 96.1 Å². The lowest BCUT2D eigenvalue weighted by Crippen LogP contribution is -2.71. The summed E-state index contributed by atoms with van der Waals surface area (Å²) in [7, 11) is 0. The van der Waals surface area contributed by atoms with Crippen LogP contribution in [-0.4, -0.2) is 305 Å². The van der Waals surface area contributed by atoms with Gasteiger partial charge in [-0.1, -0.05) is 0 Å². The summed E-state index contributed by atoms with van der Waals surface area (Å²) in [5.74, 6) is -6.95. The standard InChI is InChI=1S/C42H73N3O29/c1-14(51)44-22-16(53)8-42(41(63)64,73-35(22)24(55)17(54)9-46)74-36-26(57)19(11-48)67-40(31(36)62)72-34-23(45-15(2)52)37(66-18(10-47)25(34)56)70-32-21(13-50)69-39(30(61)28(32)59)71-33-20(12-49)68-38(29(60)27(33)58)65-7-5-3-4-6-43/h16-40,46-50,53-62H,3-13,43H2,1-2H3,(H,44,51)(H,45,52)(H,63,64)/t16-,17+,18+,19+,20+,21+,22+,23+,24+,25-,26-,27+,28+,29+,30+,31+,32-,33+,34+,35+,36-,37-,38+,39-,40-,42-/m0/s1. The Labute approximate surface area is 421 Å². The average Bonchev–Trinajstić information content (AvgIpc) is 3.36. The molecule has 0 unspecified atom stereocenters. The van der Waals surface area contributed by atoms with E-state index in [1.807, 2.05) is 0 Å². The van der Waals surface area contributed by atoms with E-state index in [0.29, 0.717) is 25.8 Å². The largest absolute Gasteiger partial charge is 0.477 e. The summed E-state index contributed by atoms with van der Waals surface area (Å²) in [6.07, 6.45) is -44.1. The lowest BCUT2D eigenvalue weighted by Gasteiger charge is -2.51. The normalized spacial score (nSPS) is 43.8. The summed E-state index contributed by atoms with van der Waals surface area (Å²) in [6.45, 7) is -2.57. The second-order valence-electron chi connectivity index (χ2n) is 18.5. The van der Waals surface area contributed by atoms with E-state index in [4.69, 9.17) is 53.1 Å². The second kappa shape index (κ2) is 27.8. The predicted molar refractivity (Wildman–Crippen MR) is 234 cm³/mol. The van der Waals surface area contributed by atoms with Crippen molar-refractivity contribution in [3.8, 4) is 0 Å². The number of carbonyl (C=O) groups is 3. The van der Waals surface area contributed by atoms with Crippen LogP contribution in [0, 0.1) is 0 Å². The molecule has 0 spiro atoms. The number of rotatable bonds is 24. The SMILES string of the molecule is CC(=O)N[C@H]1[C@H](O[C@@H]2[C@H](O)[C@@H](O)[C@H](O[C@H]3[C@H](O)[C@@H](O)[C@H](OCCCCCN)O[C@@H]3CO)O[C@@H]2CO)O[C@H](CO)[C@H](O)[C@@H]1O[C@@H]1O[C@H](CO)[C@H](O)[C@H](O[C@]2(C(=O)O)C[C@H](O)[C@@H](NC(C)=O)[C@H]([C@H](O)[C@H](O)CO)O2)[C@H]1O. The molecule has 0 radical (unpaired) electrons. The molecule has 5 fully saturated rings. The minimum Gasteiger partial charge on any atom is -0.477 e. The molecule has 0 aromatic carbocycles. The van der Waals surface area contributed by atoms with Gasteiger partial charge in [0, 0.05) is 26.9 Å². The number of aliphatic hydroxyl groups is 15. The lowest BCUT2D eigenvalue weighted by molar-refractivity contribution is -0.389. The van der Waals surface area contributed by atoms with E-state index in [0.717, 1.165) is 13.8 Å². The maximum Gasteiger partial charge on any atom is 0.364 e. The van der Waals surface area contributed by atoms with E-state index in [1.54, 1.807) is 0 Å². The number of amides is 2. The van der Waals surface area contributed by atoms with Gasteiger partial charge in [-0.3, -0.25) is 9.59 Å². The number of aliphatic hydroxyl groups excluding tert-OH is 15. The molecule has 5 aliphatic rings. The van der Waals surface area contributed by atoms with Crippen LogP contribution < -0.4 is 16.4 Å². The fourth-order valence-electron chi connectivity index (χ4n) is 9.29. The lowest BCUT2D eigenvalue weighted by atomic mass is 9.88. The third kappa shape index (κ3) is 14.2. The van der Waals surface area contributed by atoms with Gasteiger partial charge in [0.15, 0.2) is 25.2 Å². The summed E-state index contributed by atoms with van der Waals surface area (Å²) in [5, 5.41) is 177. The van der Waals surface area contributed by atoms with Crippen molar-refractivity contribution in [2.45, 2.75) is 199 Å². The Kier molecular flexibility index (Phi) is 23.4. The molecular weight excluding hydrogens is 1010 g/mol. The molecule has 5 aliphatic heterocycles. The Hall–Kier alpha value is -2.63. The average molecular weight is 1080 g/mol. The van der Waals surface area contributed by atoms with Crippen LogP contribution in [0.2, 0.25) is 0 Å². The van der Waals surface area contributed by atoms with Crippen LogP contribution in [0.1, 0.15) is 39.5 Å². The number of aliphatic carboxylic acids is 1. The molecule has 26 atom stereocenters. The maximum atomic E-state index is 13.0. The quantitative estimate of drug-likeness (QED) is 0.0399. The van der Waals surface area contributed by atoms with Gasteiger partial charge < -0.3 is 145 Å². The molecule has 0 aromatic heterocycles. The number of hydrogen-bond acceptors (Lipinski definition) is 29. The molecule has 0 aliphatic carbocycles. The van der Waals surface area contributed by atoms with Crippen LogP contribution >= 0.6 is 0 Å². The first-order valence-corrected chi connectivity index (χ1v) is 23.9. The van der Waals surface area contributed by atoms with Crippen molar-refractivity contribution < 1.29 is 143 Å². The van der Waals surface area contributed by atoms with E-state index in [2.05, 4.69) is 10.6 Å². The maximum absolute atomic E-state index is 13.0. The van der Waals surface area contributed by atoms with Crippen molar-refractivity contribution in [1.29, 1.82) is 0 Å². The molecule has 0 aromatic rings. The van der Waals surface area contributed by atoms with Crippen LogP contribution in [0.4, 0.5) is 0 Å². The van der Waals surface area contributed by atoms with Gasteiger partial charge in [0.05, 0.1) is 45.2 Å². The zero-order valence-corrected chi connectivity index (χ0v) is 40.3. The highest BCUT2D eigenvalue weighted by Gasteiger charge is 2.61. The van der Waals surface area contributed by atoms with Gasteiger partial charge in [-0.25, -0.2) is 4.79 Å². The van der Waals surface area contributed by atoms with Crippen molar-refractivity contribution in [1.82, 2.24) is 10.6 Å². The Bertz CT molecular complexity index is 1760. The van der Waals surface area contributed by atoms with Crippen LogP contribution in [0.15, 0.2) is 0 Å². The fraction of sp³-hybridized carbons (Fsp3) is 0.929. The van der Waals surface area contributed by atoms with Crippen LogP contribution in [-0.2, 0) is 61.8 Å². The van der Waals surface area contributed by atoms with Gasteiger partial charge in [0.25, 0.3) is 5.79 Å². The highest BCUT2D eigenvalue weighted by molar-refractivity contribution is 5.76. The fourth-order valence-corrected chi connectivity index (χ4v) is 9.29.